The van der Waals surface area contributed by atoms with Crippen molar-refractivity contribution in [3.8, 4) is 0 Å². The van der Waals surface area contributed by atoms with Gasteiger partial charge in [0.2, 0.25) is 11.8 Å². The molecule has 0 unspecified atom stereocenters. The number of hydrogen-bond donors (Lipinski definition) is 1. The van der Waals surface area contributed by atoms with Crippen LogP contribution in [0.2, 0.25) is 5.02 Å². The van der Waals surface area contributed by atoms with Gasteiger partial charge < -0.3 is 10.2 Å². The molecule has 0 aliphatic heterocycles. The van der Waals surface area contributed by atoms with E-state index in [4.69, 9.17) is 11.6 Å². The molecule has 0 radical (unpaired) electrons. The van der Waals surface area contributed by atoms with E-state index in [1.165, 1.54) is 5.56 Å². The first-order valence-corrected chi connectivity index (χ1v) is 11.2. The zero-order valence-electron chi connectivity index (χ0n) is 17.9. The number of carbonyl (C=O) groups is 2. The number of benzene rings is 2. The van der Waals surface area contributed by atoms with Crippen molar-refractivity contribution in [3.05, 3.63) is 70.2 Å². The van der Waals surface area contributed by atoms with Gasteiger partial charge in [0.15, 0.2) is 0 Å². The van der Waals surface area contributed by atoms with Crippen LogP contribution in [0.3, 0.4) is 0 Å². The average molecular weight is 427 g/mol. The van der Waals surface area contributed by atoms with Crippen LogP contribution in [0.5, 0.6) is 0 Å². The Balaban J connectivity index is 1.71. The van der Waals surface area contributed by atoms with Crippen molar-refractivity contribution in [2.75, 3.05) is 0 Å². The lowest BCUT2D eigenvalue weighted by molar-refractivity contribution is -0.140. The summed E-state index contributed by atoms with van der Waals surface area (Å²) >= 11 is 6.25. The molecular formula is C25H31ClN2O2. The van der Waals surface area contributed by atoms with Crippen molar-refractivity contribution in [1.29, 1.82) is 0 Å². The third-order valence-corrected chi connectivity index (χ3v) is 6.28. The molecule has 0 aromatic heterocycles. The van der Waals surface area contributed by atoms with E-state index in [-0.39, 0.29) is 17.9 Å². The summed E-state index contributed by atoms with van der Waals surface area (Å²) in [5, 5.41) is 3.81. The van der Waals surface area contributed by atoms with E-state index < -0.39 is 6.04 Å². The van der Waals surface area contributed by atoms with Crippen molar-refractivity contribution in [3.63, 3.8) is 0 Å². The summed E-state index contributed by atoms with van der Waals surface area (Å²) in [6.07, 6.45) is 5.23. The van der Waals surface area contributed by atoms with Gasteiger partial charge in [-0.3, -0.25) is 9.59 Å². The van der Waals surface area contributed by atoms with Gasteiger partial charge in [0.1, 0.15) is 6.04 Å². The van der Waals surface area contributed by atoms with E-state index in [0.29, 0.717) is 24.4 Å². The number of nitrogens with one attached hydrogen (secondary N) is 1. The molecule has 0 saturated heterocycles. The Kier molecular flexibility index (Phi) is 7.92. The predicted octanol–water partition coefficient (Wildman–Crippen LogP) is 5.06. The zero-order chi connectivity index (χ0) is 21.5. The molecule has 0 heterocycles. The van der Waals surface area contributed by atoms with Gasteiger partial charge in [-0.05, 0) is 50.3 Å². The molecule has 2 amide bonds. The van der Waals surface area contributed by atoms with Gasteiger partial charge in [-0.15, -0.1) is 0 Å². The largest absolute Gasteiger partial charge is 0.352 e. The molecule has 1 aliphatic carbocycles. The van der Waals surface area contributed by atoms with Gasteiger partial charge in [-0.25, -0.2) is 0 Å². The van der Waals surface area contributed by atoms with Gasteiger partial charge in [0.05, 0.1) is 0 Å². The van der Waals surface area contributed by atoms with Crippen LogP contribution in [0.4, 0.5) is 0 Å². The summed E-state index contributed by atoms with van der Waals surface area (Å²) in [5.41, 5.74) is 3.14. The molecule has 1 aliphatic rings. The first-order valence-electron chi connectivity index (χ1n) is 10.8. The fourth-order valence-corrected chi connectivity index (χ4v) is 4.18. The smallest absolute Gasteiger partial charge is 0.242 e. The number of amides is 2. The molecule has 30 heavy (non-hydrogen) atoms. The quantitative estimate of drug-likeness (QED) is 0.641. The fraction of sp³-hybridized carbons (Fsp3) is 0.440. The molecule has 2 aromatic rings. The SMILES string of the molecule is Cc1ccc(CN(C(=O)CCc2ccccc2Cl)[C@@H](C)C(=O)NC2CCCC2)cc1. The maximum absolute atomic E-state index is 13.2. The Hall–Kier alpha value is -2.33. The van der Waals surface area contributed by atoms with Gasteiger partial charge in [-0.2, -0.15) is 0 Å². The van der Waals surface area contributed by atoms with Crippen molar-refractivity contribution in [2.24, 2.45) is 0 Å². The lowest BCUT2D eigenvalue weighted by Crippen LogP contribution is -2.49. The fourth-order valence-electron chi connectivity index (χ4n) is 3.95. The maximum Gasteiger partial charge on any atom is 0.242 e. The molecule has 3 rings (SSSR count). The van der Waals surface area contributed by atoms with Crippen LogP contribution in [0.15, 0.2) is 48.5 Å². The summed E-state index contributed by atoms with van der Waals surface area (Å²) in [4.78, 5) is 27.8. The van der Waals surface area contributed by atoms with Crippen LogP contribution in [0.1, 0.15) is 55.7 Å². The molecular weight excluding hydrogens is 396 g/mol. The topological polar surface area (TPSA) is 49.4 Å². The Morgan fingerprint density at radius 2 is 1.77 bits per heavy atom. The first-order chi connectivity index (χ1) is 14.4. The van der Waals surface area contributed by atoms with Crippen LogP contribution >= 0.6 is 11.6 Å². The van der Waals surface area contributed by atoms with E-state index >= 15 is 0 Å². The van der Waals surface area contributed by atoms with E-state index in [1.54, 1.807) is 4.90 Å². The highest BCUT2D eigenvalue weighted by Gasteiger charge is 2.28. The minimum Gasteiger partial charge on any atom is -0.352 e. The van der Waals surface area contributed by atoms with E-state index in [0.717, 1.165) is 36.8 Å². The van der Waals surface area contributed by atoms with Crippen molar-refractivity contribution in [1.82, 2.24) is 10.2 Å². The summed E-state index contributed by atoms with van der Waals surface area (Å²) in [6.45, 7) is 4.28. The van der Waals surface area contributed by atoms with E-state index in [1.807, 2.05) is 62.4 Å². The number of hydrogen-bond acceptors (Lipinski definition) is 2. The van der Waals surface area contributed by atoms with E-state index in [9.17, 15) is 9.59 Å². The molecule has 160 valence electrons. The summed E-state index contributed by atoms with van der Waals surface area (Å²) in [5.74, 6) is -0.107. The number of carbonyl (C=O) groups excluding carboxylic acids is 2. The highest BCUT2D eigenvalue weighted by atomic mass is 35.5. The minimum atomic E-state index is -0.523. The van der Waals surface area contributed by atoms with E-state index in [2.05, 4.69) is 5.32 Å². The molecule has 0 bridgehead atoms. The second-order valence-electron chi connectivity index (χ2n) is 8.26. The second-order valence-corrected chi connectivity index (χ2v) is 8.67. The third kappa shape index (κ3) is 6.09. The Morgan fingerprint density at radius 1 is 1.10 bits per heavy atom. The minimum absolute atomic E-state index is 0.0374. The van der Waals surface area contributed by atoms with Crippen LogP contribution in [0, 0.1) is 6.92 Å². The molecule has 1 saturated carbocycles. The monoisotopic (exact) mass is 426 g/mol. The highest BCUT2D eigenvalue weighted by molar-refractivity contribution is 6.31. The number of rotatable bonds is 8. The van der Waals surface area contributed by atoms with Gasteiger partial charge in [0, 0.05) is 24.0 Å². The number of aryl methyl sites for hydroxylation is 2. The lowest BCUT2D eigenvalue weighted by atomic mass is 10.1. The van der Waals surface area contributed by atoms with Crippen molar-refractivity contribution < 1.29 is 9.59 Å². The Morgan fingerprint density at radius 3 is 2.43 bits per heavy atom. The van der Waals surface area contributed by atoms with Crippen molar-refractivity contribution in [2.45, 2.75) is 71.0 Å². The second kappa shape index (κ2) is 10.6. The summed E-state index contributed by atoms with van der Waals surface area (Å²) in [6, 6.07) is 15.4. The van der Waals surface area contributed by atoms with Crippen molar-refractivity contribution >= 4 is 23.4 Å². The van der Waals surface area contributed by atoms with Crippen LogP contribution in [0.25, 0.3) is 0 Å². The maximum atomic E-state index is 13.2. The third-order valence-electron chi connectivity index (χ3n) is 5.91. The van der Waals surface area contributed by atoms with Gasteiger partial charge >= 0.3 is 0 Å². The molecule has 1 atom stereocenters. The van der Waals surface area contributed by atoms with Crippen LogP contribution in [-0.2, 0) is 22.6 Å². The Labute approximate surface area is 184 Å². The molecule has 0 spiro atoms. The molecule has 1 N–H and O–H groups in total. The van der Waals surface area contributed by atoms with Crippen LogP contribution < -0.4 is 5.32 Å². The van der Waals surface area contributed by atoms with Gasteiger partial charge in [0.25, 0.3) is 0 Å². The molecule has 4 nitrogen and oxygen atoms in total. The lowest BCUT2D eigenvalue weighted by Gasteiger charge is -2.30. The predicted molar refractivity (Wildman–Crippen MR) is 121 cm³/mol. The van der Waals surface area contributed by atoms with Crippen LogP contribution in [-0.4, -0.2) is 28.8 Å². The summed E-state index contributed by atoms with van der Waals surface area (Å²) in [7, 11) is 0. The molecule has 5 heteroatoms. The zero-order valence-corrected chi connectivity index (χ0v) is 18.6. The highest BCUT2D eigenvalue weighted by Crippen LogP contribution is 2.20. The number of nitrogens with zero attached hydrogens (tertiary/aromatic N) is 1. The average Bonchev–Trinajstić information content (AvgIpc) is 3.25. The number of halogens is 1. The normalized spacial score (nSPS) is 15.0. The molecule has 2 aromatic carbocycles. The Bertz CT molecular complexity index is 860. The molecule has 1 fully saturated rings. The standard InChI is InChI=1S/C25H31ClN2O2/c1-18-11-13-20(14-12-18)17-28(19(2)25(30)27-22-8-4-5-9-22)24(29)16-15-21-7-3-6-10-23(21)26/h3,6-7,10-14,19,22H,4-5,8-9,15-17H2,1-2H3,(H,27,30)/t19-/m0/s1. The first kappa shape index (κ1) is 22.4. The summed E-state index contributed by atoms with van der Waals surface area (Å²) < 4.78 is 0. The van der Waals surface area contributed by atoms with Gasteiger partial charge in [-0.1, -0.05) is 72.5 Å².